The van der Waals surface area contributed by atoms with Crippen molar-refractivity contribution in [3.05, 3.63) is 60.0 Å². The fourth-order valence-corrected chi connectivity index (χ4v) is 3.71. The molecule has 0 bridgehead atoms. The number of hydrogen-bond acceptors (Lipinski definition) is 5. The van der Waals surface area contributed by atoms with E-state index in [4.69, 9.17) is 0 Å². The van der Waals surface area contributed by atoms with Crippen molar-refractivity contribution in [2.75, 3.05) is 5.32 Å². The minimum absolute atomic E-state index is 0.288. The lowest BCUT2D eigenvalue weighted by atomic mass is 9.72. The molecule has 4 rings (SSSR count). The first-order valence-corrected chi connectivity index (χ1v) is 9.06. The maximum atomic E-state index is 13.2. The molecule has 6 nitrogen and oxygen atoms in total. The number of carbonyl (C=O) groups excluding carboxylic acids is 1. The van der Waals surface area contributed by atoms with Crippen LogP contribution >= 0.6 is 11.3 Å². The molecular formula is C18H16FN5OS. The van der Waals surface area contributed by atoms with E-state index in [1.165, 1.54) is 23.5 Å². The number of hydrogen-bond donors (Lipinski definition) is 2. The molecule has 2 N–H and O–H groups in total. The zero-order valence-electron chi connectivity index (χ0n) is 13.8. The predicted molar refractivity (Wildman–Crippen MR) is 97.2 cm³/mol. The molecule has 2 amide bonds. The minimum Gasteiger partial charge on any atom is -0.328 e. The van der Waals surface area contributed by atoms with Gasteiger partial charge in [0.2, 0.25) is 5.13 Å². The van der Waals surface area contributed by atoms with Crippen LogP contribution in [0.15, 0.2) is 48.7 Å². The van der Waals surface area contributed by atoms with Crippen molar-refractivity contribution in [2.24, 2.45) is 0 Å². The molecule has 2 aromatic heterocycles. The average Bonchev–Trinajstić information content (AvgIpc) is 3.08. The molecule has 1 fully saturated rings. The quantitative estimate of drug-likeness (QED) is 0.730. The number of amides is 2. The highest BCUT2D eigenvalue weighted by atomic mass is 32.1. The highest BCUT2D eigenvalue weighted by molar-refractivity contribution is 7.18. The number of benzene rings is 1. The zero-order valence-corrected chi connectivity index (χ0v) is 14.6. The van der Waals surface area contributed by atoms with Crippen LogP contribution in [-0.2, 0) is 5.54 Å². The summed E-state index contributed by atoms with van der Waals surface area (Å²) in [5.74, 6) is -0.288. The second-order valence-corrected chi connectivity index (χ2v) is 7.13. The Labute approximate surface area is 153 Å². The summed E-state index contributed by atoms with van der Waals surface area (Å²) >= 11 is 1.26. The number of nitrogens with zero attached hydrogens (tertiary/aromatic N) is 3. The molecule has 2 heterocycles. The van der Waals surface area contributed by atoms with Crippen LogP contribution in [0.2, 0.25) is 0 Å². The van der Waals surface area contributed by atoms with Gasteiger partial charge in [-0.15, -0.1) is 10.2 Å². The Bertz CT molecular complexity index is 909. The maximum absolute atomic E-state index is 13.2. The first kappa shape index (κ1) is 16.6. The highest BCUT2D eigenvalue weighted by Crippen LogP contribution is 2.41. The van der Waals surface area contributed by atoms with Crippen molar-refractivity contribution in [1.82, 2.24) is 20.5 Å². The Morgan fingerprint density at radius 1 is 1.12 bits per heavy atom. The second-order valence-electron chi connectivity index (χ2n) is 6.15. The summed E-state index contributed by atoms with van der Waals surface area (Å²) in [6.45, 7) is 0. The van der Waals surface area contributed by atoms with Gasteiger partial charge >= 0.3 is 6.03 Å². The van der Waals surface area contributed by atoms with Gasteiger partial charge in [0.25, 0.3) is 0 Å². The minimum atomic E-state index is -0.452. The zero-order chi connectivity index (χ0) is 18.0. The van der Waals surface area contributed by atoms with Crippen molar-refractivity contribution < 1.29 is 9.18 Å². The van der Waals surface area contributed by atoms with Gasteiger partial charge in [-0.1, -0.05) is 29.5 Å². The number of anilines is 1. The molecule has 1 aliphatic rings. The van der Waals surface area contributed by atoms with E-state index in [0.717, 1.165) is 24.8 Å². The number of pyridine rings is 1. The largest absolute Gasteiger partial charge is 0.328 e. The average molecular weight is 369 g/mol. The van der Waals surface area contributed by atoms with Gasteiger partial charge in [0.05, 0.1) is 5.54 Å². The van der Waals surface area contributed by atoms with Crippen LogP contribution in [0.4, 0.5) is 14.3 Å². The summed E-state index contributed by atoms with van der Waals surface area (Å²) in [5, 5.41) is 14.8. The monoisotopic (exact) mass is 369 g/mol. The molecule has 0 aliphatic heterocycles. The number of aromatic nitrogens is 3. The van der Waals surface area contributed by atoms with E-state index in [1.54, 1.807) is 18.3 Å². The van der Waals surface area contributed by atoms with E-state index in [9.17, 15) is 9.18 Å². The Balaban J connectivity index is 1.45. The molecule has 1 saturated carbocycles. The van der Waals surface area contributed by atoms with Gasteiger partial charge in [-0.3, -0.25) is 10.3 Å². The summed E-state index contributed by atoms with van der Waals surface area (Å²) in [7, 11) is 0. The summed E-state index contributed by atoms with van der Waals surface area (Å²) in [6.07, 6.45) is 4.34. The first-order chi connectivity index (χ1) is 12.6. The van der Waals surface area contributed by atoms with Crippen molar-refractivity contribution in [1.29, 1.82) is 0 Å². The van der Waals surface area contributed by atoms with Crippen LogP contribution in [0.5, 0.6) is 0 Å². The smallest absolute Gasteiger partial charge is 0.321 e. The van der Waals surface area contributed by atoms with Gasteiger partial charge in [-0.25, -0.2) is 9.18 Å². The SMILES string of the molecule is O=C(Nc1nnc(-c2ccccn2)s1)NC1(c2ccc(F)cc2)CCC1. The topological polar surface area (TPSA) is 79.8 Å². The van der Waals surface area contributed by atoms with Crippen molar-refractivity contribution >= 4 is 22.5 Å². The first-order valence-electron chi connectivity index (χ1n) is 8.25. The number of nitrogens with one attached hydrogen (secondary N) is 2. The summed E-state index contributed by atoms with van der Waals surface area (Å²) in [5.41, 5.74) is 1.17. The Morgan fingerprint density at radius 3 is 2.58 bits per heavy atom. The number of rotatable bonds is 4. The molecule has 26 heavy (non-hydrogen) atoms. The van der Waals surface area contributed by atoms with E-state index in [0.29, 0.717) is 15.8 Å². The standard InChI is InChI=1S/C18H16FN5OS/c19-13-7-5-12(6-8-13)18(9-3-10-18)22-16(25)21-17-24-23-15(26-17)14-4-1-2-11-20-14/h1-2,4-8,11H,3,9-10H2,(H2,21,22,24,25). The van der Waals surface area contributed by atoms with Crippen molar-refractivity contribution in [3.8, 4) is 10.7 Å². The molecule has 0 radical (unpaired) electrons. The van der Waals surface area contributed by atoms with E-state index in [-0.39, 0.29) is 11.8 Å². The molecule has 1 aliphatic carbocycles. The highest BCUT2D eigenvalue weighted by Gasteiger charge is 2.40. The van der Waals surface area contributed by atoms with E-state index in [2.05, 4.69) is 25.8 Å². The molecule has 0 spiro atoms. The molecule has 132 valence electrons. The Kier molecular flexibility index (Phi) is 4.34. The van der Waals surface area contributed by atoms with Crippen LogP contribution in [-0.4, -0.2) is 21.2 Å². The summed E-state index contributed by atoms with van der Waals surface area (Å²) < 4.78 is 13.2. The Morgan fingerprint density at radius 2 is 1.92 bits per heavy atom. The number of urea groups is 1. The number of carbonyl (C=O) groups is 1. The van der Waals surface area contributed by atoms with Gasteiger partial charge in [0, 0.05) is 6.20 Å². The van der Waals surface area contributed by atoms with Crippen LogP contribution < -0.4 is 10.6 Å². The van der Waals surface area contributed by atoms with Gasteiger partial charge < -0.3 is 5.32 Å². The van der Waals surface area contributed by atoms with Gasteiger partial charge in [0.1, 0.15) is 11.5 Å². The maximum Gasteiger partial charge on any atom is 0.321 e. The van der Waals surface area contributed by atoms with E-state index in [1.807, 2.05) is 18.2 Å². The normalized spacial score (nSPS) is 15.1. The summed E-state index contributed by atoms with van der Waals surface area (Å²) in [4.78, 5) is 16.7. The third kappa shape index (κ3) is 3.28. The molecule has 0 unspecified atom stereocenters. The van der Waals surface area contributed by atoms with Crippen LogP contribution in [0.3, 0.4) is 0 Å². The third-order valence-electron chi connectivity index (χ3n) is 4.49. The molecular weight excluding hydrogens is 353 g/mol. The molecule has 3 aromatic rings. The molecule has 8 heteroatoms. The molecule has 0 saturated heterocycles. The summed E-state index contributed by atoms with van der Waals surface area (Å²) in [6, 6.07) is 11.5. The van der Waals surface area contributed by atoms with Crippen molar-refractivity contribution in [3.63, 3.8) is 0 Å². The van der Waals surface area contributed by atoms with E-state index < -0.39 is 5.54 Å². The van der Waals surface area contributed by atoms with E-state index >= 15 is 0 Å². The lowest BCUT2D eigenvalue weighted by molar-refractivity contribution is 0.185. The van der Waals surface area contributed by atoms with Crippen molar-refractivity contribution in [2.45, 2.75) is 24.8 Å². The van der Waals surface area contributed by atoms with Gasteiger partial charge in [-0.05, 0) is 49.1 Å². The number of halogens is 1. The van der Waals surface area contributed by atoms with Gasteiger partial charge in [0.15, 0.2) is 5.01 Å². The molecule has 0 atom stereocenters. The fourth-order valence-electron chi connectivity index (χ4n) is 3.00. The Hall–Kier alpha value is -2.87. The second kappa shape index (κ2) is 6.80. The van der Waals surface area contributed by atoms with Crippen LogP contribution in [0, 0.1) is 5.82 Å². The van der Waals surface area contributed by atoms with Crippen LogP contribution in [0.25, 0.3) is 10.7 Å². The predicted octanol–water partition coefficient (Wildman–Crippen LogP) is 3.94. The van der Waals surface area contributed by atoms with Gasteiger partial charge in [-0.2, -0.15) is 0 Å². The third-order valence-corrected chi connectivity index (χ3v) is 5.35. The van der Waals surface area contributed by atoms with Crippen LogP contribution in [0.1, 0.15) is 24.8 Å². The lowest BCUT2D eigenvalue weighted by Gasteiger charge is -2.42. The molecule has 1 aromatic carbocycles. The fraction of sp³-hybridized carbons (Fsp3) is 0.222. The lowest BCUT2D eigenvalue weighted by Crippen LogP contribution is -2.52.